The quantitative estimate of drug-likeness (QED) is 0.263. The average Bonchev–Trinajstić information content (AvgIpc) is 3.08. The van der Waals surface area contributed by atoms with Crippen LogP contribution in [-0.4, -0.2) is 70.9 Å². The van der Waals surface area contributed by atoms with Crippen molar-refractivity contribution in [2.75, 3.05) is 13.7 Å². The molecular formula is C32H46O9. The highest BCUT2D eigenvalue weighted by molar-refractivity contribution is 5.83. The topological polar surface area (TPSA) is 140 Å². The third-order valence-electron chi connectivity index (χ3n) is 12.7. The first-order valence-corrected chi connectivity index (χ1v) is 14.9. The minimum absolute atomic E-state index is 0.257. The molecule has 0 bridgehead atoms. The van der Waals surface area contributed by atoms with Gasteiger partial charge in [-0.15, -0.1) is 0 Å². The van der Waals surface area contributed by atoms with Gasteiger partial charge in [0, 0.05) is 24.3 Å². The van der Waals surface area contributed by atoms with Crippen LogP contribution in [0.4, 0.5) is 0 Å². The first-order chi connectivity index (χ1) is 19.0. The summed E-state index contributed by atoms with van der Waals surface area (Å²) < 4.78 is 17.1. The molecule has 1 aliphatic heterocycles. The Labute approximate surface area is 242 Å². The Kier molecular flexibility index (Phi) is 6.92. The lowest BCUT2D eigenvalue weighted by atomic mass is 9.29. The summed E-state index contributed by atoms with van der Waals surface area (Å²) >= 11 is 0. The van der Waals surface area contributed by atoms with Crippen LogP contribution in [-0.2, 0) is 28.6 Å². The maximum absolute atomic E-state index is 14.3. The number of aliphatic hydroxyl groups excluding tert-OH is 2. The van der Waals surface area contributed by atoms with Crippen molar-refractivity contribution in [1.82, 2.24) is 0 Å². The van der Waals surface area contributed by atoms with Crippen LogP contribution in [0.1, 0.15) is 80.1 Å². The van der Waals surface area contributed by atoms with Gasteiger partial charge in [0.05, 0.1) is 24.2 Å². The Hall–Kier alpha value is -2.23. The van der Waals surface area contributed by atoms with Gasteiger partial charge in [-0.1, -0.05) is 38.5 Å². The first kappa shape index (κ1) is 30.2. The van der Waals surface area contributed by atoms with E-state index in [9.17, 15) is 29.7 Å². The summed E-state index contributed by atoms with van der Waals surface area (Å²) in [7, 11) is 1.35. The Morgan fingerprint density at radius 2 is 1.83 bits per heavy atom. The Morgan fingerprint density at radius 3 is 2.44 bits per heavy atom. The number of rotatable bonds is 3. The molecule has 0 aromatic rings. The Bertz CT molecular complexity index is 1210. The van der Waals surface area contributed by atoms with Crippen molar-refractivity contribution < 1.29 is 43.9 Å². The summed E-state index contributed by atoms with van der Waals surface area (Å²) in [6.45, 7) is 10.6. The molecule has 3 N–H and O–H groups in total. The fourth-order valence-electron chi connectivity index (χ4n) is 10.7. The Balaban J connectivity index is 1.81. The van der Waals surface area contributed by atoms with Crippen LogP contribution < -0.4 is 0 Å². The number of fused-ring (bicyclic) bond motifs is 7. The Morgan fingerprint density at radius 1 is 1.15 bits per heavy atom. The first-order valence-electron chi connectivity index (χ1n) is 14.9. The fraction of sp³-hybridized carbons (Fsp3) is 0.781. The third-order valence-corrected chi connectivity index (χ3v) is 12.7. The number of allylic oxidation sites excluding steroid dienone is 2. The lowest BCUT2D eigenvalue weighted by molar-refractivity contribution is -0.335. The predicted octanol–water partition coefficient (Wildman–Crippen LogP) is 3.24. The molecule has 11 atom stereocenters. The van der Waals surface area contributed by atoms with Crippen molar-refractivity contribution in [3.05, 3.63) is 23.8 Å². The lowest BCUT2D eigenvalue weighted by Gasteiger charge is -2.75. The minimum Gasteiger partial charge on any atom is -0.468 e. The van der Waals surface area contributed by atoms with Gasteiger partial charge in [-0.25, -0.2) is 4.79 Å². The second-order valence-corrected chi connectivity index (χ2v) is 14.4. The lowest BCUT2D eigenvalue weighted by Crippen LogP contribution is -2.80. The van der Waals surface area contributed by atoms with E-state index in [0.29, 0.717) is 38.5 Å². The minimum atomic E-state index is -1.46. The molecule has 3 fully saturated rings. The van der Waals surface area contributed by atoms with Gasteiger partial charge in [0.1, 0.15) is 24.2 Å². The molecule has 41 heavy (non-hydrogen) atoms. The summed E-state index contributed by atoms with van der Waals surface area (Å²) in [6, 6.07) is 0. The zero-order chi connectivity index (χ0) is 30.4. The number of cyclic esters (lactones) is 1. The molecule has 1 heterocycles. The standard InChI is InChI=1S/C32H46O9/c1-18-10-11-27(4)12-14-29(6)24-23(41-20(3)34)25(36)30(19(2)33)17-40-22(35)9-8-21(30)28(24,5)13-15-31(29,26(37)39-7)32(27,38)16-18/h8-10,19,21,23-25,33,36,38H,11-17H2,1-7H3/t19-,21+,23+,24+,25+,27-,28+,29-,30-,31+,32+/m1/s1. The van der Waals surface area contributed by atoms with E-state index in [1.807, 2.05) is 27.7 Å². The van der Waals surface area contributed by atoms with E-state index in [0.717, 1.165) is 5.57 Å². The number of ether oxygens (including phenoxy) is 3. The highest BCUT2D eigenvalue weighted by Gasteiger charge is 2.82. The van der Waals surface area contributed by atoms with Gasteiger partial charge < -0.3 is 29.5 Å². The van der Waals surface area contributed by atoms with E-state index in [4.69, 9.17) is 14.2 Å². The van der Waals surface area contributed by atoms with Crippen LogP contribution in [0.3, 0.4) is 0 Å². The molecule has 0 aromatic heterocycles. The van der Waals surface area contributed by atoms with Crippen LogP contribution in [0.25, 0.3) is 0 Å². The largest absolute Gasteiger partial charge is 0.468 e. The SMILES string of the molecule is COC(=O)[C@@]12CC[C@@]3(C)[C@@H]4C=CC(=O)OC[C@]4([C@@H](C)O)[C@@H](O)[C@@H](OC(C)=O)[C@@H]3[C@@]1(C)CC[C@@]1(C)CC=C(C)C[C@]12O. The molecule has 228 valence electrons. The number of carbonyl (C=O) groups excluding carboxylic acids is 3. The number of methoxy groups -OCH3 is 1. The molecule has 3 saturated carbocycles. The highest BCUT2D eigenvalue weighted by atomic mass is 16.6. The van der Waals surface area contributed by atoms with Gasteiger partial charge in [0.25, 0.3) is 0 Å². The molecule has 0 radical (unpaired) electrons. The summed E-state index contributed by atoms with van der Waals surface area (Å²) in [5.74, 6) is -2.86. The van der Waals surface area contributed by atoms with Gasteiger partial charge in [0.2, 0.25) is 0 Å². The number of hydrogen-bond donors (Lipinski definition) is 3. The van der Waals surface area contributed by atoms with E-state index in [-0.39, 0.29) is 6.61 Å². The monoisotopic (exact) mass is 574 g/mol. The summed E-state index contributed by atoms with van der Waals surface area (Å²) in [6.07, 6.45) is 4.28. The normalized spacial score (nSPS) is 49.5. The molecule has 0 unspecified atom stereocenters. The van der Waals surface area contributed by atoms with Crippen molar-refractivity contribution >= 4 is 17.9 Å². The van der Waals surface area contributed by atoms with Gasteiger partial charge >= 0.3 is 17.9 Å². The van der Waals surface area contributed by atoms with Crippen molar-refractivity contribution in [3.63, 3.8) is 0 Å². The van der Waals surface area contributed by atoms with Crippen LogP contribution >= 0.6 is 0 Å². The van der Waals surface area contributed by atoms with Crippen LogP contribution in [0, 0.1) is 38.9 Å². The second-order valence-electron chi connectivity index (χ2n) is 14.4. The molecule has 9 nitrogen and oxygen atoms in total. The van der Waals surface area contributed by atoms with Gasteiger partial charge in [-0.2, -0.15) is 0 Å². The summed E-state index contributed by atoms with van der Waals surface area (Å²) in [5, 5.41) is 36.5. The number of esters is 3. The van der Waals surface area contributed by atoms with E-state index >= 15 is 0 Å². The zero-order valence-corrected chi connectivity index (χ0v) is 25.4. The van der Waals surface area contributed by atoms with Crippen molar-refractivity contribution in [3.8, 4) is 0 Å². The smallest absolute Gasteiger partial charge is 0.330 e. The van der Waals surface area contributed by atoms with Crippen molar-refractivity contribution in [1.29, 1.82) is 0 Å². The maximum atomic E-state index is 14.3. The average molecular weight is 575 g/mol. The second kappa shape index (κ2) is 9.38. The third kappa shape index (κ3) is 3.54. The van der Waals surface area contributed by atoms with Crippen LogP contribution in [0.15, 0.2) is 23.8 Å². The maximum Gasteiger partial charge on any atom is 0.330 e. The predicted molar refractivity (Wildman–Crippen MR) is 148 cm³/mol. The summed E-state index contributed by atoms with van der Waals surface area (Å²) in [4.78, 5) is 39.5. The molecule has 0 aromatic carbocycles. The molecule has 5 rings (SSSR count). The van der Waals surface area contributed by atoms with Crippen LogP contribution in [0.2, 0.25) is 0 Å². The molecular weight excluding hydrogens is 528 g/mol. The molecule has 4 aliphatic carbocycles. The van der Waals surface area contributed by atoms with Gasteiger partial charge in [-0.3, -0.25) is 9.59 Å². The molecule has 0 saturated heterocycles. The molecule has 0 spiro atoms. The number of aliphatic hydroxyl groups is 3. The van der Waals surface area contributed by atoms with E-state index in [1.165, 1.54) is 20.1 Å². The van der Waals surface area contributed by atoms with Crippen molar-refractivity contribution in [2.24, 2.45) is 38.9 Å². The highest BCUT2D eigenvalue weighted by Crippen LogP contribution is 2.78. The fourth-order valence-corrected chi connectivity index (χ4v) is 10.7. The molecule has 9 heteroatoms. The van der Waals surface area contributed by atoms with E-state index < -0.39 is 80.7 Å². The van der Waals surface area contributed by atoms with E-state index in [2.05, 4.69) is 6.08 Å². The van der Waals surface area contributed by atoms with Crippen LogP contribution in [0.5, 0.6) is 0 Å². The van der Waals surface area contributed by atoms with Crippen molar-refractivity contribution in [2.45, 2.75) is 104 Å². The van der Waals surface area contributed by atoms with E-state index in [1.54, 1.807) is 13.0 Å². The molecule has 0 amide bonds. The van der Waals surface area contributed by atoms with Gasteiger partial charge in [-0.05, 0) is 69.1 Å². The zero-order valence-electron chi connectivity index (χ0n) is 25.4. The number of hydrogen-bond acceptors (Lipinski definition) is 9. The van der Waals surface area contributed by atoms with Gasteiger partial charge in [0.15, 0.2) is 0 Å². The summed E-state index contributed by atoms with van der Waals surface area (Å²) in [5.41, 5.74) is -5.54. The number of carbonyl (C=O) groups is 3. The molecule has 5 aliphatic rings.